The van der Waals surface area contributed by atoms with Crippen molar-refractivity contribution < 1.29 is 8.78 Å². The summed E-state index contributed by atoms with van der Waals surface area (Å²) < 4.78 is 26.9. The molecule has 0 aliphatic heterocycles. The van der Waals surface area contributed by atoms with Crippen LogP contribution in [0.2, 0.25) is 0 Å². The molecule has 0 unspecified atom stereocenters. The van der Waals surface area contributed by atoms with Crippen LogP contribution in [0.15, 0.2) is 12.1 Å². The summed E-state index contributed by atoms with van der Waals surface area (Å²) in [5, 5.41) is 14.7. The maximum absolute atomic E-state index is 12.9. The van der Waals surface area contributed by atoms with Gasteiger partial charge in [-0.2, -0.15) is 4.52 Å². The molecule has 1 fully saturated rings. The zero-order valence-electron chi connectivity index (χ0n) is 13.5. The minimum absolute atomic E-state index is 0.221. The third kappa shape index (κ3) is 3.41. The Labute approximate surface area is 133 Å². The van der Waals surface area contributed by atoms with Gasteiger partial charge < -0.3 is 10.2 Å². The summed E-state index contributed by atoms with van der Waals surface area (Å²) in [4.78, 5) is 2.21. The van der Waals surface area contributed by atoms with Gasteiger partial charge in [0.15, 0.2) is 5.65 Å². The first-order chi connectivity index (χ1) is 11.0. The van der Waals surface area contributed by atoms with Crippen LogP contribution in [0.4, 0.5) is 14.6 Å². The van der Waals surface area contributed by atoms with Crippen LogP contribution >= 0.6 is 0 Å². The molecule has 0 aromatic carbocycles. The van der Waals surface area contributed by atoms with Gasteiger partial charge in [0.2, 0.25) is 5.82 Å². The Morgan fingerprint density at radius 1 is 1.26 bits per heavy atom. The van der Waals surface area contributed by atoms with Crippen LogP contribution in [0.25, 0.3) is 5.65 Å². The van der Waals surface area contributed by atoms with Gasteiger partial charge in [-0.25, -0.2) is 8.78 Å². The molecule has 0 saturated heterocycles. The Bertz CT molecular complexity index is 663. The second-order valence-electron chi connectivity index (χ2n) is 6.65. The molecular formula is C15H22F2N6. The van der Waals surface area contributed by atoms with Crippen molar-refractivity contribution in [2.24, 2.45) is 5.41 Å². The lowest BCUT2D eigenvalue weighted by molar-refractivity contribution is 0.137. The molecule has 6 nitrogen and oxygen atoms in total. The van der Waals surface area contributed by atoms with Crippen LogP contribution in [-0.4, -0.2) is 51.9 Å². The molecule has 8 heteroatoms. The summed E-state index contributed by atoms with van der Waals surface area (Å²) in [6, 6.07) is 3.42. The summed E-state index contributed by atoms with van der Waals surface area (Å²) in [7, 11) is 4.16. The van der Waals surface area contributed by atoms with Crippen molar-refractivity contribution in [1.82, 2.24) is 24.7 Å². The molecule has 1 saturated carbocycles. The second kappa shape index (κ2) is 6.35. The van der Waals surface area contributed by atoms with Crippen molar-refractivity contribution in [2.45, 2.75) is 32.1 Å². The quantitative estimate of drug-likeness (QED) is 0.885. The van der Waals surface area contributed by atoms with E-state index in [0.717, 1.165) is 17.6 Å². The van der Waals surface area contributed by atoms with E-state index >= 15 is 0 Å². The molecule has 126 valence electrons. The third-order valence-corrected chi connectivity index (χ3v) is 4.44. The maximum atomic E-state index is 12.9. The van der Waals surface area contributed by atoms with Crippen molar-refractivity contribution in [1.29, 1.82) is 0 Å². The molecule has 3 rings (SSSR count). The molecule has 23 heavy (non-hydrogen) atoms. The van der Waals surface area contributed by atoms with E-state index in [1.165, 1.54) is 25.7 Å². The minimum atomic E-state index is -2.69. The van der Waals surface area contributed by atoms with E-state index in [1.54, 1.807) is 12.1 Å². The first-order valence-electron chi connectivity index (χ1n) is 7.88. The average molecular weight is 324 g/mol. The van der Waals surface area contributed by atoms with Crippen molar-refractivity contribution in [3.63, 3.8) is 0 Å². The van der Waals surface area contributed by atoms with Gasteiger partial charge in [0.1, 0.15) is 5.82 Å². The molecule has 2 aromatic rings. The van der Waals surface area contributed by atoms with Gasteiger partial charge in [-0.3, -0.25) is 0 Å². The van der Waals surface area contributed by atoms with E-state index in [0.29, 0.717) is 11.5 Å². The Morgan fingerprint density at radius 3 is 2.65 bits per heavy atom. The molecule has 0 spiro atoms. The molecule has 2 heterocycles. The van der Waals surface area contributed by atoms with E-state index in [1.807, 2.05) is 0 Å². The topological polar surface area (TPSA) is 58.3 Å². The van der Waals surface area contributed by atoms with Crippen LogP contribution in [0.5, 0.6) is 0 Å². The average Bonchev–Trinajstić information content (AvgIpc) is 3.11. The number of rotatable bonds is 6. The number of fused-ring (bicyclic) bond motifs is 1. The highest BCUT2D eigenvalue weighted by Crippen LogP contribution is 2.38. The second-order valence-corrected chi connectivity index (χ2v) is 6.65. The van der Waals surface area contributed by atoms with Crippen LogP contribution in [-0.2, 0) is 0 Å². The van der Waals surface area contributed by atoms with Crippen molar-refractivity contribution in [3.05, 3.63) is 18.0 Å². The van der Waals surface area contributed by atoms with E-state index in [4.69, 9.17) is 0 Å². The molecule has 0 amide bonds. The van der Waals surface area contributed by atoms with E-state index in [-0.39, 0.29) is 5.41 Å². The highest BCUT2D eigenvalue weighted by molar-refractivity contribution is 5.44. The van der Waals surface area contributed by atoms with Gasteiger partial charge in [0.25, 0.3) is 6.43 Å². The fourth-order valence-corrected chi connectivity index (χ4v) is 3.50. The lowest BCUT2D eigenvalue weighted by Crippen LogP contribution is -2.37. The Morgan fingerprint density at radius 2 is 2.00 bits per heavy atom. The lowest BCUT2D eigenvalue weighted by Gasteiger charge is -2.32. The Kier molecular flexibility index (Phi) is 4.43. The van der Waals surface area contributed by atoms with E-state index < -0.39 is 12.2 Å². The Balaban J connectivity index is 1.77. The van der Waals surface area contributed by atoms with Gasteiger partial charge in [0.05, 0.1) is 0 Å². The number of alkyl halides is 2. The molecular weight excluding hydrogens is 302 g/mol. The summed E-state index contributed by atoms with van der Waals surface area (Å²) >= 11 is 0. The highest BCUT2D eigenvalue weighted by atomic mass is 19.3. The van der Waals surface area contributed by atoms with Crippen LogP contribution in [0, 0.1) is 5.41 Å². The van der Waals surface area contributed by atoms with E-state index in [9.17, 15) is 8.78 Å². The number of hydrogen-bond acceptors (Lipinski definition) is 5. The van der Waals surface area contributed by atoms with Crippen LogP contribution in [0.3, 0.4) is 0 Å². The maximum Gasteiger partial charge on any atom is 0.299 e. The van der Waals surface area contributed by atoms with Crippen LogP contribution in [0.1, 0.15) is 37.9 Å². The summed E-state index contributed by atoms with van der Waals surface area (Å²) in [6.07, 6.45) is 2.14. The third-order valence-electron chi connectivity index (χ3n) is 4.44. The summed E-state index contributed by atoms with van der Waals surface area (Å²) in [5.41, 5.74) is 0.550. The number of nitrogens with zero attached hydrogens (tertiary/aromatic N) is 5. The largest absolute Gasteiger partial charge is 0.368 e. The van der Waals surface area contributed by atoms with Gasteiger partial charge in [-0.1, -0.05) is 12.8 Å². The molecule has 1 aliphatic carbocycles. The van der Waals surface area contributed by atoms with Gasteiger partial charge in [0, 0.05) is 18.5 Å². The predicted octanol–water partition coefficient (Wildman–Crippen LogP) is 2.60. The van der Waals surface area contributed by atoms with Gasteiger partial charge in [-0.15, -0.1) is 15.3 Å². The lowest BCUT2D eigenvalue weighted by atomic mass is 9.85. The van der Waals surface area contributed by atoms with Gasteiger partial charge >= 0.3 is 0 Å². The standard InChI is InChI=1S/C15H22F2N6/c1-22(2)10-15(7-3-4-8-15)9-18-11-5-6-12-19-20-14(13(16)17)23(12)21-11/h5-6,13H,3-4,7-10H2,1-2H3,(H,18,21). The molecule has 0 radical (unpaired) electrons. The fourth-order valence-electron chi connectivity index (χ4n) is 3.50. The first kappa shape index (κ1) is 16.0. The molecule has 1 N–H and O–H groups in total. The summed E-state index contributed by atoms with van der Waals surface area (Å²) in [5.74, 6) is 0.150. The highest BCUT2D eigenvalue weighted by Gasteiger charge is 2.34. The number of nitrogens with one attached hydrogen (secondary N) is 1. The number of aromatic nitrogens is 4. The van der Waals surface area contributed by atoms with Crippen molar-refractivity contribution >= 4 is 11.5 Å². The van der Waals surface area contributed by atoms with Gasteiger partial charge in [-0.05, 0) is 39.1 Å². The number of anilines is 1. The normalized spacial score (nSPS) is 17.5. The summed E-state index contributed by atoms with van der Waals surface area (Å²) in [6.45, 7) is 1.80. The smallest absolute Gasteiger partial charge is 0.299 e. The van der Waals surface area contributed by atoms with E-state index in [2.05, 4.69) is 39.6 Å². The zero-order valence-corrected chi connectivity index (χ0v) is 13.5. The van der Waals surface area contributed by atoms with Crippen LogP contribution < -0.4 is 5.32 Å². The zero-order chi connectivity index (χ0) is 16.4. The molecule has 2 aromatic heterocycles. The monoisotopic (exact) mass is 324 g/mol. The fraction of sp³-hybridized carbons (Fsp3) is 0.667. The van der Waals surface area contributed by atoms with Crippen molar-refractivity contribution in [2.75, 3.05) is 32.5 Å². The SMILES string of the molecule is CN(C)CC1(CNc2ccc3nnc(C(F)F)n3n2)CCCC1. The number of halogens is 2. The van der Waals surface area contributed by atoms with Crippen molar-refractivity contribution in [3.8, 4) is 0 Å². The number of hydrogen-bond donors (Lipinski definition) is 1. The molecule has 1 aliphatic rings. The Hall–Kier alpha value is -1.83. The molecule has 0 bridgehead atoms. The molecule has 0 atom stereocenters. The minimum Gasteiger partial charge on any atom is -0.368 e. The first-order valence-corrected chi connectivity index (χ1v) is 7.88. The predicted molar refractivity (Wildman–Crippen MR) is 83.7 cm³/mol.